The highest BCUT2D eigenvalue weighted by molar-refractivity contribution is 5.95. The fourth-order valence-corrected chi connectivity index (χ4v) is 3.52. The van der Waals surface area contributed by atoms with Gasteiger partial charge < -0.3 is 24.4 Å². The van der Waals surface area contributed by atoms with E-state index in [-0.39, 0.29) is 41.9 Å². The number of fused-ring (bicyclic) bond motifs is 1. The first kappa shape index (κ1) is 23.8. The summed E-state index contributed by atoms with van der Waals surface area (Å²) in [6, 6.07) is 8.26. The van der Waals surface area contributed by atoms with Crippen LogP contribution in [0.15, 0.2) is 36.4 Å². The second-order valence-corrected chi connectivity index (χ2v) is 9.11. The van der Waals surface area contributed by atoms with Gasteiger partial charge in [-0.2, -0.15) is 13.2 Å². The maximum Gasteiger partial charge on any atom is 0.433 e. The van der Waals surface area contributed by atoms with Gasteiger partial charge in [0.25, 0.3) is 5.91 Å². The lowest BCUT2D eigenvalue weighted by Crippen LogP contribution is -2.32. The van der Waals surface area contributed by atoms with E-state index in [2.05, 4.69) is 10.3 Å². The predicted molar refractivity (Wildman–Crippen MR) is 113 cm³/mol. The molecule has 182 valence electrons. The largest absolute Gasteiger partial charge is 0.444 e. The van der Waals surface area contributed by atoms with Gasteiger partial charge in [-0.05, 0) is 50.6 Å². The maximum atomic E-state index is 13.4. The van der Waals surface area contributed by atoms with Gasteiger partial charge in [0.1, 0.15) is 29.3 Å². The number of epoxide rings is 1. The SMILES string of the molecule is CC(C)(C)OC(=O)NCc1cc(Oc2cccc(C(=O)N3CC4OC4C3)c2)nc(C(F)(F)F)c1. The van der Waals surface area contributed by atoms with E-state index in [4.69, 9.17) is 14.2 Å². The molecule has 1 aromatic heterocycles. The quantitative estimate of drug-likeness (QED) is 0.648. The molecule has 2 saturated heterocycles. The summed E-state index contributed by atoms with van der Waals surface area (Å²) < 4.78 is 56.2. The Morgan fingerprint density at radius 1 is 1.15 bits per heavy atom. The molecule has 11 heteroatoms. The van der Waals surface area contributed by atoms with E-state index in [1.165, 1.54) is 18.2 Å². The Morgan fingerprint density at radius 3 is 2.50 bits per heavy atom. The number of carbonyl (C=O) groups excluding carboxylic acids is 2. The van der Waals surface area contributed by atoms with Crippen molar-refractivity contribution in [1.29, 1.82) is 0 Å². The van der Waals surface area contributed by atoms with Crippen molar-refractivity contribution >= 4 is 12.0 Å². The second kappa shape index (κ2) is 8.79. The number of carbonyl (C=O) groups is 2. The number of alkyl halides is 3. The number of hydrogen-bond donors (Lipinski definition) is 1. The molecule has 0 aliphatic carbocycles. The first-order chi connectivity index (χ1) is 15.9. The minimum atomic E-state index is -4.73. The zero-order valence-electron chi connectivity index (χ0n) is 18.8. The fourth-order valence-electron chi connectivity index (χ4n) is 3.52. The maximum absolute atomic E-state index is 13.4. The molecule has 0 saturated carbocycles. The molecule has 2 fully saturated rings. The number of aromatic nitrogens is 1. The Balaban J connectivity index is 1.50. The van der Waals surface area contributed by atoms with E-state index in [1.54, 1.807) is 37.8 Å². The molecular formula is C23H24F3N3O5. The molecule has 1 N–H and O–H groups in total. The summed E-state index contributed by atoms with van der Waals surface area (Å²) >= 11 is 0. The molecule has 2 amide bonds. The van der Waals surface area contributed by atoms with Crippen LogP contribution in [0.5, 0.6) is 11.6 Å². The molecule has 3 heterocycles. The summed E-state index contributed by atoms with van der Waals surface area (Å²) in [5, 5.41) is 2.42. The van der Waals surface area contributed by atoms with E-state index < -0.39 is 23.6 Å². The van der Waals surface area contributed by atoms with Crippen LogP contribution < -0.4 is 10.1 Å². The predicted octanol–water partition coefficient (Wildman–Crippen LogP) is 4.14. The third-order valence-corrected chi connectivity index (χ3v) is 5.07. The van der Waals surface area contributed by atoms with Crippen LogP contribution in [0.1, 0.15) is 42.4 Å². The van der Waals surface area contributed by atoms with Crippen molar-refractivity contribution in [3.8, 4) is 11.6 Å². The van der Waals surface area contributed by atoms with Crippen LogP contribution in [0.2, 0.25) is 0 Å². The molecule has 2 aliphatic heterocycles. The number of ether oxygens (including phenoxy) is 3. The van der Waals surface area contributed by atoms with Gasteiger partial charge in [-0.15, -0.1) is 0 Å². The van der Waals surface area contributed by atoms with Gasteiger partial charge in [-0.25, -0.2) is 9.78 Å². The van der Waals surface area contributed by atoms with E-state index in [1.807, 2.05) is 0 Å². The zero-order valence-corrected chi connectivity index (χ0v) is 18.8. The molecule has 0 spiro atoms. The van der Waals surface area contributed by atoms with Crippen LogP contribution in [-0.4, -0.2) is 52.8 Å². The van der Waals surface area contributed by atoms with Gasteiger partial charge in [0, 0.05) is 31.3 Å². The van der Waals surface area contributed by atoms with Gasteiger partial charge in [0.15, 0.2) is 0 Å². The second-order valence-electron chi connectivity index (χ2n) is 9.11. The van der Waals surface area contributed by atoms with Crippen LogP contribution in [0.4, 0.5) is 18.0 Å². The van der Waals surface area contributed by atoms with E-state index >= 15 is 0 Å². The Kier molecular flexibility index (Phi) is 6.15. The number of pyridine rings is 1. The Bertz CT molecular complexity index is 1090. The lowest BCUT2D eigenvalue weighted by atomic mass is 10.2. The first-order valence-electron chi connectivity index (χ1n) is 10.6. The molecule has 4 rings (SSSR count). The molecule has 1 aromatic carbocycles. The summed E-state index contributed by atoms with van der Waals surface area (Å²) in [6.45, 7) is 5.81. The summed E-state index contributed by atoms with van der Waals surface area (Å²) in [5.41, 5.74) is -1.46. The average Bonchev–Trinajstić information content (AvgIpc) is 3.35. The molecule has 0 radical (unpaired) electrons. The third-order valence-electron chi connectivity index (χ3n) is 5.07. The summed E-state index contributed by atoms with van der Waals surface area (Å²) in [6.07, 6.45) is -5.32. The Hall–Kier alpha value is -3.34. The lowest BCUT2D eigenvalue weighted by Gasteiger charge is -2.20. The summed E-state index contributed by atoms with van der Waals surface area (Å²) in [7, 11) is 0. The molecule has 34 heavy (non-hydrogen) atoms. The summed E-state index contributed by atoms with van der Waals surface area (Å²) in [5.74, 6) is -0.374. The number of nitrogens with one attached hydrogen (secondary N) is 1. The molecule has 2 aromatic rings. The summed E-state index contributed by atoms with van der Waals surface area (Å²) in [4.78, 5) is 29.8. The van der Waals surface area contributed by atoms with Crippen LogP contribution in [-0.2, 0) is 22.2 Å². The van der Waals surface area contributed by atoms with Crippen LogP contribution in [0.25, 0.3) is 0 Å². The van der Waals surface area contributed by atoms with Crippen molar-refractivity contribution in [1.82, 2.24) is 15.2 Å². The van der Waals surface area contributed by atoms with E-state index in [9.17, 15) is 22.8 Å². The lowest BCUT2D eigenvalue weighted by molar-refractivity contribution is -0.141. The molecule has 2 aliphatic rings. The highest BCUT2D eigenvalue weighted by Crippen LogP contribution is 2.33. The van der Waals surface area contributed by atoms with E-state index in [0.29, 0.717) is 18.7 Å². The number of rotatable bonds is 5. The Morgan fingerprint density at radius 2 is 1.85 bits per heavy atom. The van der Waals surface area contributed by atoms with Crippen molar-refractivity contribution in [2.45, 2.75) is 51.3 Å². The van der Waals surface area contributed by atoms with Crippen molar-refractivity contribution in [2.24, 2.45) is 0 Å². The topological polar surface area (TPSA) is 93.3 Å². The smallest absolute Gasteiger partial charge is 0.433 e. The third kappa shape index (κ3) is 5.96. The molecule has 0 bridgehead atoms. The van der Waals surface area contributed by atoms with Gasteiger partial charge >= 0.3 is 12.3 Å². The molecule has 8 nitrogen and oxygen atoms in total. The standard InChI is InChI=1S/C23H24F3N3O5/c1-22(2,3)34-21(31)27-10-13-7-18(23(24,25)26)28-19(8-13)32-15-6-4-5-14(9-15)20(30)29-11-16-17(12-29)33-16/h4-9,16-17H,10-12H2,1-3H3,(H,27,31). The fraction of sp³-hybridized carbons (Fsp3) is 0.435. The van der Waals surface area contributed by atoms with Crippen LogP contribution in [0.3, 0.4) is 0 Å². The number of benzene rings is 1. The zero-order chi connectivity index (χ0) is 24.7. The van der Waals surface area contributed by atoms with Crippen molar-refractivity contribution in [3.05, 3.63) is 53.2 Å². The van der Waals surface area contributed by atoms with Gasteiger partial charge in [0.2, 0.25) is 5.88 Å². The number of hydrogen-bond acceptors (Lipinski definition) is 6. The number of nitrogens with zero attached hydrogens (tertiary/aromatic N) is 2. The number of likely N-dealkylation sites (tertiary alicyclic amines) is 1. The highest BCUT2D eigenvalue weighted by Gasteiger charge is 2.48. The monoisotopic (exact) mass is 479 g/mol. The minimum Gasteiger partial charge on any atom is -0.444 e. The van der Waals surface area contributed by atoms with Gasteiger partial charge in [-0.1, -0.05) is 6.07 Å². The van der Waals surface area contributed by atoms with E-state index in [0.717, 1.165) is 6.07 Å². The molecule has 2 unspecified atom stereocenters. The molecular weight excluding hydrogens is 455 g/mol. The van der Waals surface area contributed by atoms with Gasteiger partial charge in [-0.3, -0.25) is 4.79 Å². The Labute approximate surface area is 194 Å². The normalized spacial score (nSPS) is 19.4. The average molecular weight is 479 g/mol. The van der Waals surface area contributed by atoms with Crippen molar-refractivity contribution < 1.29 is 37.0 Å². The number of halogens is 3. The molecule has 2 atom stereocenters. The number of alkyl carbamates (subject to hydrolysis) is 1. The highest BCUT2D eigenvalue weighted by atomic mass is 19.4. The number of amides is 2. The first-order valence-corrected chi connectivity index (χ1v) is 10.6. The van der Waals surface area contributed by atoms with Crippen molar-refractivity contribution in [2.75, 3.05) is 13.1 Å². The number of morpholine rings is 1. The van der Waals surface area contributed by atoms with Crippen LogP contribution >= 0.6 is 0 Å². The van der Waals surface area contributed by atoms with Crippen LogP contribution in [0, 0.1) is 0 Å². The van der Waals surface area contributed by atoms with Crippen molar-refractivity contribution in [3.63, 3.8) is 0 Å². The van der Waals surface area contributed by atoms with Gasteiger partial charge in [0.05, 0.1) is 0 Å². The minimum absolute atomic E-state index is 0.0883.